The average molecular weight is 241 g/mol. The monoisotopic (exact) mass is 241 g/mol. The first kappa shape index (κ1) is 10.8. The maximum atomic E-state index is 9.56. The number of aliphatic imine (C=N–C) groups is 1. The minimum atomic E-state index is -2.28. The summed E-state index contributed by atoms with van der Waals surface area (Å²) in [5.41, 5.74) is 0. The van der Waals surface area contributed by atoms with E-state index >= 15 is 0 Å². The van der Waals surface area contributed by atoms with Crippen LogP contribution in [0.5, 0.6) is 0 Å². The summed E-state index contributed by atoms with van der Waals surface area (Å²) in [7, 11) is -2.28. The summed E-state index contributed by atoms with van der Waals surface area (Å²) in [4.78, 5) is 4.28. The molecule has 1 N–H and O–H groups in total. The molecule has 0 aliphatic carbocycles. The molecule has 2 nitrogen and oxygen atoms in total. The predicted octanol–water partition coefficient (Wildman–Crippen LogP) is 1.46. The summed E-state index contributed by atoms with van der Waals surface area (Å²) in [5, 5.41) is 0.912. The van der Waals surface area contributed by atoms with E-state index in [-0.39, 0.29) is 5.25 Å². The van der Waals surface area contributed by atoms with Gasteiger partial charge in [-0.25, -0.2) is 0 Å². The number of nitrogens with zero attached hydrogens (tertiary/aromatic N) is 1. The fourth-order valence-corrected chi connectivity index (χ4v) is 5.09. The lowest BCUT2D eigenvalue weighted by Gasteiger charge is -2.15. The first-order valence-electron chi connectivity index (χ1n) is 3.69. The molecule has 1 atom stereocenters. The van der Waals surface area contributed by atoms with Crippen LogP contribution in [0, 0.1) is 0 Å². The van der Waals surface area contributed by atoms with Crippen LogP contribution in [0.2, 0.25) is 0 Å². The summed E-state index contributed by atoms with van der Waals surface area (Å²) in [5.74, 6) is 1.01. The van der Waals surface area contributed by atoms with E-state index in [2.05, 4.69) is 4.99 Å². The van der Waals surface area contributed by atoms with Crippen molar-refractivity contribution in [3.05, 3.63) is 0 Å². The number of rotatable bonds is 3. The summed E-state index contributed by atoms with van der Waals surface area (Å²) < 4.78 is 9.56. The lowest BCUT2D eigenvalue weighted by atomic mass is 10.3. The van der Waals surface area contributed by atoms with Crippen molar-refractivity contribution in [2.45, 2.75) is 18.6 Å². The van der Waals surface area contributed by atoms with Crippen LogP contribution in [0.1, 0.15) is 13.3 Å². The van der Waals surface area contributed by atoms with E-state index < -0.39 is 7.43 Å². The van der Waals surface area contributed by atoms with Crippen molar-refractivity contribution in [3.63, 3.8) is 0 Å². The van der Waals surface area contributed by atoms with Gasteiger partial charge in [0, 0.05) is 19.7 Å². The zero-order valence-electron chi connectivity index (χ0n) is 6.73. The second-order valence-corrected chi connectivity index (χ2v) is 8.88. The molecule has 0 saturated carbocycles. The van der Waals surface area contributed by atoms with E-state index in [9.17, 15) is 4.55 Å². The second kappa shape index (κ2) is 4.32. The molecule has 1 rings (SSSR count). The summed E-state index contributed by atoms with van der Waals surface area (Å²) >= 11 is 11.5. The Labute approximate surface area is 86.9 Å². The van der Waals surface area contributed by atoms with Crippen molar-refractivity contribution in [1.82, 2.24) is 0 Å². The van der Waals surface area contributed by atoms with Crippen molar-refractivity contribution in [3.8, 4) is 0 Å². The fraction of sp³-hybridized carbons (Fsp3) is 0.833. The molecule has 1 aliphatic rings. The fourth-order valence-electron chi connectivity index (χ4n) is 1.06. The highest BCUT2D eigenvalue weighted by molar-refractivity contribution is 8.54. The second-order valence-electron chi connectivity index (χ2n) is 2.48. The summed E-state index contributed by atoms with van der Waals surface area (Å²) in [6, 6.07) is 0. The molecule has 1 aliphatic heterocycles. The molecular formula is C6H11NOS4. The maximum Gasteiger partial charge on any atom is 0.0836 e. The van der Waals surface area contributed by atoms with Crippen LogP contribution < -0.4 is 0 Å². The van der Waals surface area contributed by atoms with E-state index in [1.807, 2.05) is 6.92 Å². The van der Waals surface area contributed by atoms with Crippen molar-refractivity contribution >= 4 is 46.6 Å². The third-order valence-corrected chi connectivity index (χ3v) is 5.53. The van der Waals surface area contributed by atoms with Crippen LogP contribution in [-0.4, -0.2) is 27.1 Å². The van der Waals surface area contributed by atoms with Crippen LogP contribution in [0.25, 0.3) is 0 Å². The van der Waals surface area contributed by atoms with E-state index in [0.717, 1.165) is 23.8 Å². The minimum Gasteiger partial charge on any atom is -0.325 e. The van der Waals surface area contributed by atoms with E-state index in [0.29, 0.717) is 0 Å². The third kappa shape index (κ3) is 2.63. The quantitative estimate of drug-likeness (QED) is 0.811. The van der Waals surface area contributed by atoms with Crippen molar-refractivity contribution < 1.29 is 4.55 Å². The summed E-state index contributed by atoms with van der Waals surface area (Å²) in [6.07, 6.45) is 0.796. The molecule has 0 aromatic rings. The van der Waals surface area contributed by atoms with Crippen LogP contribution in [0.4, 0.5) is 0 Å². The first-order chi connectivity index (χ1) is 5.55. The highest BCUT2D eigenvalue weighted by Gasteiger charge is 2.23. The Morgan fingerprint density at radius 1 is 1.75 bits per heavy atom. The first-order valence-corrected chi connectivity index (χ1v) is 8.18. The van der Waals surface area contributed by atoms with Crippen LogP contribution >= 0.6 is 11.8 Å². The Morgan fingerprint density at radius 2 is 2.42 bits per heavy atom. The molecule has 1 unspecified atom stereocenters. The Morgan fingerprint density at radius 3 is 2.75 bits per heavy atom. The molecule has 0 amide bonds. The van der Waals surface area contributed by atoms with Gasteiger partial charge in [-0.05, 0) is 28.8 Å². The van der Waals surface area contributed by atoms with Crippen molar-refractivity contribution in [2.75, 3.05) is 12.3 Å². The molecule has 70 valence electrons. The molecule has 1 heterocycles. The molecule has 0 bridgehead atoms. The molecule has 12 heavy (non-hydrogen) atoms. The normalized spacial score (nSPS) is 20.7. The van der Waals surface area contributed by atoms with Gasteiger partial charge >= 0.3 is 0 Å². The number of hydrogen-bond acceptors (Lipinski definition) is 4. The van der Waals surface area contributed by atoms with Gasteiger partial charge in [0.25, 0.3) is 0 Å². The lowest BCUT2D eigenvalue weighted by molar-refractivity contribution is 0.646. The zero-order valence-corrected chi connectivity index (χ0v) is 9.99. The molecule has 0 radical (unpaired) electrons. The van der Waals surface area contributed by atoms with E-state index in [1.165, 1.54) is 0 Å². The van der Waals surface area contributed by atoms with E-state index in [4.69, 9.17) is 22.4 Å². The highest BCUT2D eigenvalue weighted by Crippen LogP contribution is 2.21. The van der Waals surface area contributed by atoms with Gasteiger partial charge in [0.15, 0.2) is 0 Å². The largest absolute Gasteiger partial charge is 0.325 e. The Kier molecular flexibility index (Phi) is 3.91. The van der Waals surface area contributed by atoms with Gasteiger partial charge in [-0.15, -0.1) is 11.8 Å². The van der Waals surface area contributed by atoms with E-state index in [1.54, 1.807) is 11.8 Å². The van der Waals surface area contributed by atoms with Gasteiger partial charge in [0.1, 0.15) is 0 Å². The number of hydrogen-bond donors (Lipinski definition) is 1. The standard InChI is InChI=1S/C6H11NOS4/c1-2-5(12(8,9)10)6-7-3-4-11-6/h5H,2-4H2,1H3,(H,8,9,10). The van der Waals surface area contributed by atoms with Crippen LogP contribution in [-0.2, 0) is 29.8 Å². The Balaban J connectivity index is 2.82. The smallest absolute Gasteiger partial charge is 0.0836 e. The van der Waals surface area contributed by atoms with Crippen LogP contribution in [0.3, 0.4) is 0 Å². The lowest BCUT2D eigenvalue weighted by Crippen LogP contribution is -2.24. The predicted molar refractivity (Wildman–Crippen MR) is 63.6 cm³/mol. The van der Waals surface area contributed by atoms with Gasteiger partial charge in [-0.2, -0.15) is 0 Å². The van der Waals surface area contributed by atoms with Crippen molar-refractivity contribution in [1.29, 1.82) is 0 Å². The Hall–Kier alpha value is 0.770. The molecule has 6 heteroatoms. The minimum absolute atomic E-state index is 0.0602. The SMILES string of the molecule is CCC(C1=NCCS1)S(O)(=S)=S. The molecule has 0 aromatic carbocycles. The highest BCUT2D eigenvalue weighted by atomic mass is 33.1. The third-order valence-electron chi connectivity index (χ3n) is 1.61. The maximum absolute atomic E-state index is 9.56. The zero-order chi connectivity index (χ0) is 9.19. The van der Waals surface area contributed by atoms with Gasteiger partial charge in [-0.1, -0.05) is 6.92 Å². The van der Waals surface area contributed by atoms with Crippen molar-refractivity contribution in [2.24, 2.45) is 4.99 Å². The topological polar surface area (TPSA) is 32.6 Å². The van der Waals surface area contributed by atoms with Gasteiger partial charge < -0.3 is 4.55 Å². The molecule has 0 fully saturated rings. The molecular weight excluding hydrogens is 230 g/mol. The molecule has 0 aromatic heterocycles. The number of thioether (sulfide) groups is 1. The molecule has 0 spiro atoms. The van der Waals surface area contributed by atoms with Gasteiger partial charge in [0.2, 0.25) is 0 Å². The van der Waals surface area contributed by atoms with Crippen LogP contribution in [0.15, 0.2) is 4.99 Å². The Bertz CT molecular complexity index is 282. The average Bonchev–Trinajstić information content (AvgIpc) is 2.38. The van der Waals surface area contributed by atoms with Gasteiger partial charge in [0.05, 0.1) is 10.3 Å². The van der Waals surface area contributed by atoms with Gasteiger partial charge in [-0.3, -0.25) is 4.99 Å². The molecule has 0 saturated heterocycles. The summed E-state index contributed by atoms with van der Waals surface area (Å²) in [6.45, 7) is 2.83.